The Morgan fingerprint density at radius 1 is 1.47 bits per heavy atom. The molecule has 2 aromatic heterocycles. The standard InChI is InChI=1S/C10H12BrN5O/c1-3-12-10-13-5-8(11)9(15-10)17-7-4-14-16(2)6-7/h4-6H,3H2,1-2H3,(H,12,13,15). The van der Waals surface area contributed by atoms with Crippen molar-refractivity contribution >= 4 is 21.9 Å². The molecule has 6 nitrogen and oxygen atoms in total. The Labute approximate surface area is 107 Å². The third-order valence-corrected chi connectivity index (χ3v) is 2.49. The van der Waals surface area contributed by atoms with Crippen molar-refractivity contribution in [1.82, 2.24) is 19.7 Å². The highest BCUT2D eigenvalue weighted by Crippen LogP contribution is 2.27. The third-order valence-electron chi connectivity index (χ3n) is 1.94. The predicted molar refractivity (Wildman–Crippen MR) is 67.2 cm³/mol. The van der Waals surface area contributed by atoms with E-state index in [4.69, 9.17) is 4.74 Å². The molecule has 7 heteroatoms. The van der Waals surface area contributed by atoms with Crippen molar-refractivity contribution in [1.29, 1.82) is 0 Å². The Kier molecular flexibility index (Phi) is 3.58. The summed E-state index contributed by atoms with van der Waals surface area (Å²) < 4.78 is 7.96. The molecule has 90 valence electrons. The van der Waals surface area contributed by atoms with Crippen molar-refractivity contribution < 1.29 is 4.74 Å². The first-order chi connectivity index (χ1) is 8.19. The number of aromatic nitrogens is 4. The van der Waals surface area contributed by atoms with E-state index in [0.29, 0.717) is 22.1 Å². The number of ether oxygens (including phenoxy) is 1. The van der Waals surface area contributed by atoms with Gasteiger partial charge >= 0.3 is 0 Å². The van der Waals surface area contributed by atoms with Crippen LogP contribution in [0.2, 0.25) is 0 Å². The average molecular weight is 298 g/mol. The minimum Gasteiger partial charge on any atom is -0.434 e. The largest absolute Gasteiger partial charge is 0.434 e. The molecule has 0 unspecified atom stereocenters. The second-order valence-corrected chi connectivity index (χ2v) is 4.18. The Hall–Kier alpha value is -1.63. The van der Waals surface area contributed by atoms with Crippen LogP contribution in [-0.4, -0.2) is 26.3 Å². The van der Waals surface area contributed by atoms with Crippen LogP contribution in [-0.2, 0) is 7.05 Å². The first kappa shape index (κ1) is 11.8. The zero-order valence-corrected chi connectivity index (χ0v) is 11.1. The summed E-state index contributed by atoms with van der Waals surface area (Å²) in [7, 11) is 1.83. The molecule has 0 atom stereocenters. The summed E-state index contributed by atoms with van der Waals surface area (Å²) in [6, 6.07) is 0. The van der Waals surface area contributed by atoms with Crippen LogP contribution < -0.4 is 10.1 Å². The van der Waals surface area contributed by atoms with Gasteiger partial charge < -0.3 is 10.1 Å². The smallest absolute Gasteiger partial charge is 0.238 e. The van der Waals surface area contributed by atoms with Crippen LogP contribution in [0.15, 0.2) is 23.1 Å². The van der Waals surface area contributed by atoms with Gasteiger partial charge in [0.1, 0.15) is 0 Å². The molecular weight excluding hydrogens is 286 g/mol. The van der Waals surface area contributed by atoms with Crippen molar-refractivity contribution in [2.24, 2.45) is 7.05 Å². The highest BCUT2D eigenvalue weighted by atomic mass is 79.9. The van der Waals surface area contributed by atoms with Gasteiger partial charge in [0.25, 0.3) is 0 Å². The summed E-state index contributed by atoms with van der Waals surface area (Å²) in [5.74, 6) is 1.63. The number of aryl methyl sites for hydroxylation is 1. The fourth-order valence-electron chi connectivity index (χ4n) is 1.23. The van der Waals surface area contributed by atoms with Crippen molar-refractivity contribution in [2.45, 2.75) is 6.92 Å². The van der Waals surface area contributed by atoms with Gasteiger partial charge in [-0.1, -0.05) is 0 Å². The van der Waals surface area contributed by atoms with E-state index >= 15 is 0 Å². The summed E-state index contributed by atoms with van der Waals surface area (Å²) >= 11 is 3.34. The molecule has 0 aromatic carbocycles. The van der Waals surface area contributed by atoms with E-state index in [1.165, 1.54) is 0 Å². The molecule has 2 rings (SSSR count). The molecule has 0 spiro atoms. The summed E-state index contributed by atoms with van der Waals surface area (Å²) in [5, 5.41) is 7.04. The lowest BCUT2D eigenvalue weighted by atomic mass is 10.6. The van der Waals surface area contributed by atoms with Gasteiger partial charge in [-0.05, 0) is 22.9 Å². The van der Waals surface area contributed by atoms with E-state index in [2.05, 4.69) is 36.3 Å². The zero-order chi connectivity index (χ0) is 12.3. The number of nitrogens with zero attached hydrogens (tertiary/aromatic N) is 4. The highest BCUT2D eigenvalue weighted by Gasteiger charge is 2.08. The highest BCUT2D eigenvalue weighted by molar-refractivity contribution is 9.10. The fraction of sp³-hybridized carbons (Fsp3) is 0.300. The number of nitrogens with one attached hydrogen (secondary N) is 1. The van der Waals surface area contributed by atoms with Crippen molar-refractivity contribution in [3.05, 3.63) is 23.1 Å². The maximum atomic E-state index is 5.60. The van der Waals surface area contributed by atoms with Crippen LogP contribution in [0.3, 0.4) is 0 Å². The molecule has 0 radical (unpaired) electrons. The van der Waals surface area contributed by atoms with E-state index in [0.717, 1.165) is 6.54 Å². The van der Waals surface area contributed by atoms with Crippen molar-refractivity contribution in [3.63, 3.8) is 0 Å². The van der Waals surface area contributed by atoms with Gasteiger partial charge in [0.15, 0.2) is 5.75 Å². The van der Waals surface area contributed by atoms with Crippen molar-refractivity contribution in [3.8, 4) is 11.6 Å². The Balaban J connectivity index is 2.22. The third kappa shape index (κ3) is 2.94. The van der Waals surface area contributed by atoms with Crippen LogP contribution in [0.1, 0.15) is 6.92 Å². The average Bonchev–Trinajstić information content (AvgIpc) is 2.69. The van der Waals surface area contributed by atoms with E-state index in [-0.39, 0.29) is 0 Å². The summed E-state index contributed by atoms with van der Waals surface area (Å²) in [6.45, 7) is 2.74. The van der Waals surface area contributed by atoms with Crippen LogP contribution in [0, 0.1) is 0 Å². The van der Waals surface area contributed by atoms with Gasteiger partial charge in [-0.25, -0.2) is 4.98 Å². The Morgan fingerprint density at radius 2 is 2.29 bits per heavy atom. The van der Waals surface area contributed by atoms with Gasteiger partial charge in [0, 0.05) is 13.6 Å². The monoisotopic (exact) mass is 297 g/mol. The maximum Gasteiger partial charge on any atom is 0.238 e. The molecule has 17 heavy (non-hydrogen) atoms. The Bertz CT molecular complexity index is 513. The van der Waals surface area contributed by atoms with Gasteiger partial charge in [-0.3, -0.25) is 4.68 Å². The lowest BCUT2D eigenvalue weighted by Gasteiger charge is -2.06. The van der Waals surface area contributed by atoms with E-state index in [1.54, 1.807) is 23.3 Å². The SMILES string of the molecule is CCNc1ncc(Br)c(Oc2cnn(C)c2)n1. The molecule has 1 N–H and O–H groups in total. The normalized spacial score (nSPS) is 10.3. The molecule has 2 aromatic rings. The summed E-state index contributed by atoms with van der Waals surface area (Å²) in [6.07, 6.45) is 5.04. The summed E-state index contributed by atoms with van der Waals surface area (Å²) in [4.78, 5) is 8.34. The fourth-order valence-corrected chi connectivity index (χ4v) is 1.50. The first-order valence-electron chi connectivity index (χ1n) is 5.12. The van der Waals surface area contributed by atoms with Crippen LogP contribution in [0.5, 0.6) is 11.6 Å². The second-order valence-electron chi connectivity index (χ2n) is 3.33. The second kappa shape index (κ2) is 5.13. The predicted octanol–water partition coefficient (Wildman–Crippen LogP) is 2.20. The molecule has 0 saturated carbocycles. The quantitative estimate of drug-likeness (QED) is 0.937. The van der Waals surface area contributed by atoms with E-state index in [1.807, 2.05) is 14.0 Å². The van der Waals surface area contributed by atoms with Gasteiger partial charge in [0.2, 0.25) is 11.8 Å². The topological polar surface area (TPSA) is 64.9 Å². The number of anilines is 1. The molecule has 2 heterocycles. The van der Waals surface area contributed by atoms with Crippen LogP contribution >= 0.6 is 15.9 Å². The van der Waals surface area contributed by atoms with E-state index < -0.39 is 0 Å². The van der Waals surface area contributed by atoms with Crippen LogP contribution in [0.25, 0.3) is 0 Å². The molecule has 0 bridgehead atoms. The molecule has 0 aliphatic rings. The summed E-state index contributed by atoms with van der Waals surface area (Å²) in [5.41, 5.74) is 0. The molecule has 0 aliphatic heterocycles. The molecule has 0 fully saturated rings. The maximum absolute atomic E-state index is 5.60. The Morgan fingerprint density at radius 3 is 2.94 bits per heavy atom. The van der Waals surface area contributed by atoms with Crippen LogP contribution in [0.4, 0.5) is 5.95 Å². The number of hydrogen-bond acceptors (Lipinski definition) is 5. The van der Waals surface area contributed by atoms with Gasteiger partial charge in [-0.15, -0.1) is 0 Å². The lowest BCUT2D eigenvalue weighted by Crippen LogP contribution is -2.02. The minimum atomic E-state index is 0.462. The molecular formula is C10H12BrN5O. The number of hydrogen-bond donors (Lipinski definition) is 1. The number of rotatable bonds is 4. The molecule has 0 amide bonds. The lowest BCUT2D eigenvalue weighted by molar-refractivity contribution is 0.458. The zero-order valence-electron chi connectivity index (χ0n) is 9.51. The minimum absolute atomic E-state index is 0.462. The molecule has 0 aliphatic carbocycles. The van der Waals surface area contributed by atoms with Gasteiger partial charge in [0.05, 0.1) is 23.1 Å². The number of halogens is 1. The first-order valence-corrected chi connectivity index (χ1v) is 5.91. The van der Waals surface area contributed by atoms with Crippen molar-refractivity contribution in [2.75, 3.05) is 11.9 Å². The van der Waals surface area contributed by atoms with E-state index in [9.17, 15) is 0 Å². The molecule has 0 saturated heterocycles. The van der Waals surface area contributed by atoms with Gasteiger partial charge in [-0.2, -0.15) is 10.1 Å².